The van der Waals surface area contributed by atoms with Crippen molar-refractivity contribution < 1.29 is 4.74 Å². The number of allylic oxidation sites excluding steroid dienone is 4. The quantitative estimate of drug-likeness (QED) is 0.294. The lowest BCUT2D eigenvalue weighted by atomic mass is 10.2. The smallest absolute Gasteiger partial charge is 0.0967 e. The number of ether oxygens (including phenoxy) is 1. The molecule has 3 heteroatoms. The summed E-state index contributed by atoms with van der Waals surface area (Å²) < 4.78 is 5.51. The second kappa shape index (κ2) is 22.3. The molecule has 0 heterocycles. The SMILES string of the molecule is C/C=C/OC(C)CCN(CC)c1ccccc1.C=C/C=C\C.CCCCN(C)C. The van der Waals surface area contributed by atoms with Crippen LogP contribution in [0, 0.1) is 0 Å². The summed E-state index contributed by atoms with van der Waals surface area (Å²) >= 11 is 0. The maximum atomic E-state index is 5.51. The van der Waals surface area contributed by atoms with Gasteiger partial charge in [0.05, 0.1) is 12.4 Å². The van der Waals surface area contributed by atoms with E-state index in [0.29, 0.717) is 0 Å². The van der Waals surface area contributed by atoms with Crippen molar-refractivity contribution in [2.45, 2.75) is 60.0 Å². The zero-order chi connectivity index (χ0) is 22.3. The summed E-state index contributed by atoms with van der Waals surface area (Å²) in [6.07, 6.45) is 13.2. The number of nitrogens with zero attached hydrogens (tertiary/aromatic N) is 2. The van der Waals surface area contributed by atoms with Gasteiger partial charge in [0, 0.05) is 25.2 Å². The van der Waals surface area contributed by atoms with Crippen LogP contribution >= 0.6 is 0 Å². The van der Waals surface area contributed by atoms with Gasteiger partial charge >= 0.3 is 0 Å². The Morgan fingerprint density at radius 2 is 1.69 bits per heavy atom. The van der Waals surface area contributed by atoms with Crippen molar-refractivity contribution in [3.05, 3.63) is 67.5 Å². The molecule has 1 aromatic rings. The van der Waals surface area contributed by atoms with Crippen molar-refractivity contribution in [3.8, 4) is 0 Å². The van der Waals surface area contributed by atoms with Crippen molar-refractivity contribution in [2.75, 3.05) is 38.6 Å². The Labute approximate surface area is 181 Å². The predicted octanol–water partition coefficient (Wildman–Crippen LogP) is 6.94. The van der Waals surface area contributed by atoms with E-state index in [9.17, 15) is 0 Å². The Hall–Kier alpha value is -2.00. The van der Waals surface area contributed by atoms with Crippen molar-refractivity contribution in [1.82, 2.24) is 4.90 Å². The van der Waals surface area contributed by atoms with Crippen LogP contribution in [0.2, 0.25) is 0 Å². The molecule has 0 radical (unpaired) electrons. The molecule has 0 bridgehead atoms. The summed E-state index contributed by atoms with van der Waals surface area (Å²) in [6.45, 7) is 17.2. The summed E-state index contributed by atoms with van der Waals surface area (Å²) in [4.78, 5) is 4.58. The third-order valence-corrected chi connectivity index (χ3v) is 4.04. The lowest BCUT2D eigenvalue weighted by molar-refractivity contribution is 0.154. The van der Waals surface area contributed by atoms with Gasteiger partial charge in [0.25, 0.3) is 0 Å². The zero-order valence-electron chi connectivity index (χ0n) is 20.1. The molecule has 0 N–H and O–H groups in total. The van der Waals surface area contributed by atoms with E-state index in [2.05, 4.69) is 81.6 Å². The van der Waals surface area contributed by atoms with Gasteiger partial charge in [0.1, 0.15) is 0 Å². The Balaban J connectivity index is 0. The molecule has 166 valence electrons. The predicted molar refractivity (Wildman–Crippen MR) is 133 cm³/mol. The fraction of sp³-hybridized carbons (Fsp3) is 0.538. The lowest BCUT2D eigenvalue weighted by Crippen LogP contribution is -2.26. The number of benzene rings is 1. The Bertz CT molecular complexity index is 509. The number of hydrogen-bond acceptors (Lipinski definition) is 3. The molecular formula is C26H46N2O. The molecule has 0 aliphatic carbocycles. The molecule has 1 unspecified atom stereocenters. The van der Waals surface area contributed by atoms with E-state index in [4.69, 9.17) is 4.74 Å². The van der Waals surface area contributed by atoms with Crippen molar-refractivity contribution in [1.29, 1.82) is 0 Å². The van der Waals surface area contributed by atoms with E-state index in [-0.39, 0.29) is 6.10 Å². The topological polar surface area (TPSA) is 15.7 Å². The molecule has 3 nitrogen and oxygen atoms in total. The Morgan fingerprint density at radius 3 is 2.07 bits per heavy atom. The van der Waals surface area contributed by atoms with Gasteiger partial charge < -0.3 is 14.5 Å². The van der Waals surface area contributed by atoms with E-state index in [1.807, 2.05) is 32.1 Å². The minimum absolute atomic E-state index is 0.268. The van der Waals surface area contributed by atoms with Crippen molar-refractivity contribution in [2.24, 2.45) is 0 Å². The number of para-hydroxylation sites is 1. The van der Waals surface area contributed by atoms with Crippen LogP contribution in [0.1, 0.15) is 53.9 Å². The molecular weight excluding hydrogens is 356 g/mol. The first-order valence-corrected chi connectivity index (χ1v) is 10.9. The first-order chi connectivity index (χ1) is 14.0. The zero-order valence-corrected chi connectivity index (χ0v) is 20.1. The first kappa shape index (κ1) is 29.2. The molecule has 0 saturated heterocycles. The average Bonchev–Trinajstić information content (AvgIpc) is 2.73. The van der Waals surface area contributed by atoms with Crippen LogP contribution in [0.15, 0.2) is 67.5 Å². The highest BCUT2D eigenvalue weighted by molar-refractivity contribution is 5.45. The van der Waals surface area contributed by atoms with E-state index < -0.39 is 0 Å². The van der Waals surface area contributed by atoms with Gasteiger partial charge in [-0.2, -0.15) is 0 Å². The second-order valence-corrected chi connectivity index (χ2v) is 7.04. The molecule has 1 atom stereocenters. The number of rotatable bonds is 11. The molecule has 0 aromatic heterocycles. The van der Waals surface area contributed by atoms with Gasteiger partial charge in [-0.25, -0.2) is 0 Å². The molecule has 0 aliphatic rings. The van der Waals surface area contributed by atoms with Gasteiger partial charge in [0.15, 0.2) is 0 Å². The summed E-state index contributed by atoms with van der Waals surface area (Å²) in [7, 11) is 4.21. The number of anilines is 1. The fourth-order valence-electron chi connectivity index (χ4n) is 2.34. The van der Waals surface area contributed by atoms with E-state index in [1.165, 1.54) is 25.1 Å². The van der Waals surface area contributed by atoms with E-state index in [1.54, 1.807) is 12.3 Å². The van der Waals surface area contributed by atoms with Crippen LogP contribution in [0.4, 0.5) is 5.69 Å². The number of hydrogen-bond donors (Lipinski definition) is 0. The van der Waals surface area contributed by atoms with Gasteiger partial charge in [-0.3, -0.25) is 0 Å². The monoisotopic (exact) mass is 402 g/mol. The molecule has 29 heavy (non-hydrogen) atoms. The van der Waals surface area contributed by atoms with Crippen LogP contribution in [-0.2, 0) is 4.74 Å². The van der Waals surface area contributed by atoms with E-state index >= 15 is 0 Å². The highest BCUT2D eigenvalue weighted by atomic mass is 16.5. The van der Waals surface area contributed by atoms with Crippen LogP contribution in [0.25, 0.3) is 0 Å². The van der Waals surface area contributed by atoms with Gasteiger partial charge in [-0.05, 0) is 66.9 Å². The van der Waals surface area contributed by atoms with Gasteiger partial charge in [-0.15, -0.1) is 0 Å². The third kappa shape index (κ3) is 20.5. The van der Waals surface area contributed by atoms with Crippen molar-refractivity contribution in [3.63, 3.8) is 0 Å². The van der Waals surface area contributed by atoms with Crippen LogP contribution in [-0.4, -0.2) is 44.7 Å². The number of unbranched alkanes of at least 4 members (excludes halogenated alkanes) is 1. The molecule has 0 spiro atoms. The fourth-order valence-corrected chi connectivity index (χ4v) is 2.34. The average molecular weight is 403 g/mol. The standard InChI is InChI=1S/C15H23NO.C6H15N.C5H8/c1-4-13-17-14(3)11-12-16(5-2)15-9-7-6-8-10-15;1-4-5-6-7(2)3;1-3-5-4-2/h4,6-10,13-14H,5,11-12H2,1-3H3;4-6H2,1-3H3;3-5H,1H2,2H3/b13-4+;;5-4-. The second-order valence-electron chi connectivity index (χ2n) is 7.04. The molecule has 0 aliphatic heterocycles. The highest BCUT2D eigenvalue weighted by Crippen LogP contribution is 2.14. The lowest BCUT2D eigenvalue weighted by Gasteiger charge is -2.24. The minimum atomic E-state index is 0.268. The maximum Gasteiger partial charge on any atom is 0.0967 e. The molecule has 0 fully saturated rings. The first-order valence-electron chi connectivity index (χ1n) is 10.9. The molecule has 1 aromatic carbocycles. The summed E-state index contributed by atoms with van der Waals surface area (Å²) in [5.41, 5.74) is 1.29. The third-order valence-electron chi connectivity index (χ3n) is 4.04. The summed E-state index contributed by atoms with van der Waals surface area (Å²) in [5, 5.41) is 0. The van der Waals surface area contributed by atoms with Gasteiger partial charge in [-0.1, -0.05) is 62.4 Å². The highest BCUT2D eigenvalue weighted by Gasteiger charge is 2.06. The minimum Gasteiger partial charge on any atom is -0.499 e. The Kier molecular flexibility index (Phi) is 22.4. The normalized spacial score (nSPS) is 11.4. The van der Waals surface area contributed by atoms with Gasteiger partial charge in [0.2, 0.25) is 0 Å². The van der Waals surface area contributed by atoms with Crippen LogP contribution in [0.5, 0.6) is 0 Å². The van der Waals surface area contributed by atoms with E-state index in [0.717, 1.165) is 19.5 Å². The van der Waals surface area contributed by atoms with Crippen LogP contribution in [0.3, 0.4) is 0 Å². The molecule has 0 amide bonds. The Morgan fingerprint density at radius 1 is 1.03 bits per heavy atom. The maximum absolute atomic E-state index is 5.51. The molecule has 1 rings (SSSR count). The van der Waals surface area contributed by atoms with Crippen molar-refractivity contribution >= 4 is 5.69 Å². The summed E-state index contributed by atoms with van der Waals surface area (Å²) in [5.74, 6) is 0. The molecule has 0 saturated carbocycles. The summed E-state index contributed by atoms with van der Waals surface area (Å²) in [6, 6.07) is 10.5. The largest absolute Gasteiger partial charge is 0.499 e. The van der Waals surface area contributed by atoms with Crippen LogP contribution < -0.4 is 4.90 Å².